The summed E-state index contributed by atoms with van der Waals surface area (Å²) in [7, 11) is 1.95. The smallest absolute Gasteiger partial charge is 0.191 e. The Balaban J connectivity index is 0.00000300. The molecule has 0 saturated carbocycles. The first-order chi connectivity index (χ1) is 13.6. The van der Waals surface area contributed by atoms with Crippen LogP contribution in [-0.2, 0) is 18.3 Å². The van der Waals surface area contributed by atoms with Crippen LogP contribution in [0.4, 0.5) is 0 Å². The van der Waals surface area contributed by atoms with Crippen molar-refractivity contribution in [2.24, 2.45) is 12.0 Å². The van der Waals surface area contributed by atoms with Gasteiger partial charge in [0.25, 0.3) is 0 Å². The molecule has 1 atom stereocenters. The van der Waals surface area contributed by atoms with Crippen molar-refractivity contribution in [3.8, 4) is 0 Å². The van der Waals surface area contributed by atoms with Crippen molar-refractivity contribution >= 4 is 53.3 Å². The number of hydrogen-bond donors (Lipinski definition) is 2. The molecule has 1 aliphatic heterocycles. The van der Waals surface area contributed by atoms with Gasteiger partial charge in [0.05, 0.1) is 6.10 Å². The van der Waals surface area contributed by atoms with Crippen LogP contribution in [0.25, 0.3) is 0 Å². The molecule has 0 spiro atoms. The van der Waals surface area contributed by atoms with Gasteiger partial charge in [-0.25, -0.2) is 4.99 Å². The molecule has 3 rings (SSSR count). The molecule has 1 fully saturated rings. The van der Waals surface area contributed by atoms with E-state index in [9.17, 15) is 0 Å². The first-order valence-electron chi connectivity index (χ1n) is 9.49. The molecule has 1 aromatic heterocycles. The monoisotopic (exact) mass is 550 g/mol. The molecule has 1 aromatic carbocycles. The van der Waals surface area contributed by atoms with Crippen LogP contribution in [0.5, 0.6) is 0 Å². The largest absolute Gasteiger partial charge is 0.376 e. The highest BCUT2D eigenvalue weighted by Crippen LogP contribution is 2.19. The molecule has 0 amide bonds. The number of thioether (sulfide) groups is 1. The number of hydrogen-bond acceptors (Lipinski definition) is 5. The lowest BCUT2D eigenvalue weighted by molar-refractivity contribution is 0.114. The zero-order valence-corrected chi connectivity index (χ0v) is 20.6. The van der Waals surface area contributed by atoms with Gasteiger partial charge in [-0.2, -0.15) is 0 Å². The summed E-state index contributed by atoms with van der Waals surface area (Å²) in [5.41, 5.74) is 0. The number of benzene rings is 1. The van der Waals surface area contributed by atoms with E-state index in [-0.39, 0.29) is 30.1 Å². The number of nitrogens with one attached hydrogen (secondary N) is 2. The molecule has 2 N–H and O–H groups in total. The van der Waals surface area contributed by atoms with Crippen molar-refractivity contribution in [3.63, 3.8) is 0 Å². The Morgan fingerprint density at radius 1 is 1.31 bits per heavy atom. The summed E-state index contributed by atoms with van der Waals surface area (Å²) >= 11 is 7.71. The molecule has 1 unspecified atom stereocenters. The minimum Gasteiger partial charge on any atom is -0.376 e. The lowest BCUT2D eigenvalue weighted by Gasteiger charge is -2.15. The Morgan fingerprint density at radius 3 is 2.76 bits per heavy atom. The Labute approximate surface area is 198 Å². The molecular weight excluding hydrogens is 523 g/mol. The fraction of sp³-hybridized carbons (Fsp3) is 0.526. The zero-order chi connectivity index (χ0) is 19.8. The number of nitrogens with zero attached hydrogens (tertiary/aromatic N) is 4. The minimum absolute atomic E-state index is 0. The molecule has 160 valence electrons. The maximum atomic E-state index is 5.93. The average Bonchev–Trinajstić information content (AvgIpc) is 3.33. The van der Waals surface area contributed by atoms with Gasteiger partial charge in [-0.05, 0) is 44.0 Å². The molecule has 0 aliphatic carbocycles. The number of guanidine groups is 1. The summed E-state index contributed by atoms with van der Waals surface area (Å²) in [4.78, 5) is 5.87. The summed E-state index contributed by atoms with van der Waals surface area (Å²) in [5, 5.41) is 15.8. The van der Waals surface area contributed by atoms with Crippen LogP contribution in [-0.4, -0.2) is 52.3 Å². The van der Waals surface area contributed by atoms with Crippen LogP contribution >= 0.6 is 47.3 Å². The Hall–Kier alpha value is -1.04. The van der Waals surface area contributed by atoms with Crippen molar-refractivity contribution in [2.45, 2.75) is 37.3 Å². The molecular formula is C19H28ClIN6OS. The van der Waals surface area contributed by atoms with E-state index >= 15 is 0 Å². The summed E-state index contributed by atoms with van der Waals surface area (Å²) in [5.74, 6) is 3.41. The van der Waals surface area contributed by atoms with E-state index in [1.165, 1.54) is 4.90 Å². The second-order valence-electron chi connectivity index (χ2n) is 6.63. The van der Waals surface area contributed by atoms with Crippen LogP contribution in [0.1, 0.15) is 24.5 Å². The SMILES string of the molecule is Cc1nnc(CN=C(NCCSc2ccc(Cl)cc2)NCC2CCCO2)n1C.I. The van der Waals surface area contributed by atoms with Crippen LogP contribution in [0, 0.1) is 6.92 Å². The van der Waals surface area contributed by atoms with Gasteiger partial charge in [0.1, 0.15) is 12.4 Å². The van der Waals surface area contributed by atoms with Crippen LogP contribution in [0.2, 0.25) is 5.02 Å². The molecule has 29 heavy (non-hydrogen) atoms. The number of aromatic nitrogens is 3. The number of aliphatic imine (C=N–C) groups is 1. The maximum absolute atomic E-state index is 5.93. The first kappa shape index (κ1) is 24.2. The lowest BCUT2D eigenvalue weighted by atomic mass is 10.2. The third-order valence-corrected chi connectivity index (χ3v) is 5.83. The number of ether oxygens (including phenoxy) is 1. The number of rotatable bonds is 8. The fourth-order valence-corrected chi connectivity index (χ4v) is 3.69. The maximum Gasteiger partial charge on any atom is 0.191 e. The van der Waals surface area contributed by atoms with Crippen LogP contribution in [0.15, 0.2) is 34.2 Å². The number of halogens is 2. The van der Waals surface area contributed by atoms with Gasteiger partial charge in [-0.15, -0.1) is 45.9 Å². The van der Waals surface area contributed by atoms with E-state index in [0.29, 0.717) is 6.54 Å². The van der Waals surface area contributed by atoms with E-state index in [0.717, 1.165) is 60.9 Å². The first-order valence-corrected chi connectivity index (χ1v) is 10.8. The summed E-state index contributed by atoms with van der Waals surface area (Å²) in [6.07, 6.45) is 2.48. The summed E-state index contributed by atoms with van der Waals surface area (Å²) < 4.78 is 7.65. The quantitative estimate of drug-likeness (QED) is 0.173. The van der Waals surface area contributed by atoms with Gasteiger partial charge in [0.2, 0.25) is 0 Å². The molecule has 10 heteroatoms. The fourth-order valence-electron chi connectivity index (χ4n) is 2.80. The predicted octanol–water partition coefficient (Wildman–Crippen LogP) is 3.40. The van der Waals surface area contributed by atoms with E-state index in [1.807, 2.05) is 42.8 Å². The minimum atomic E-state index is 0. The molecule has 0 bridgehead atoms. The van der Waals surface area contributed by atoms with Gasteiger partial charge in [-0.1, -0.05) is 11.6 Å². The third-order valence-electron chi connectivity index (χ3n) is 4.56. The third kappa shape index (κ3) is 7.95. The highest BCUT2D eigenvalue weighted by molar-refractivity contribution is 14.0. The normalized spacial score (nSPS) is 16.5. The van der Waals surface area contributed by atoms with Gasteiger partial charge in [0.15, 0.2) is 11.8 Å². The molecule has 1 saturated heterocycles. The van der Waals surface area contributed by atoms with Gasteiger partial charge in [0, 0.05) is 42.4 Å². The van der Waals surface area contributed by atoms with Gasteiger partial charge >= 0.3 is 0 Å². The summed E-state index contributed by atoms with van der Waals surface area (Å²) in [6.45, 7) is 4.81. The topological polar surface area (TPSA) is 76.4 Å². The standard InChI is InChI=1S/C19H27ClN6OS.HI/c1-14-24-25-18(26(14)2)13-23-19(22-12-16-4-3-10-27-16)21-9-11-28-17-7-5-15(20)6-8-17;/h5-8,16H,3-4,9-13H2,1-2H3,(H2,21,22,23);1H. The molecule has 2 aromatic rings. The van der Waals surface area contributed by atoms with Crippen LogP contribution in [0.3, 0.4) is 0 Å². The van der Waals surface area contributed by atoms with Gasteiger partial charge < -0.3 is 19.9 Å². The predicted molar refractivity (Wildman–Crippen MR) is 129 cm³/mol. The highest BCUT2D eigenvalue weighted by Gasteiger charge is 2.15. The average molecular weight is 551 g/mol. The van der Waals surface area contributed by atoms with E-state index in [4.69, 9.17) is 16.3 Å². The van der Waals surface area contributed by atoms with Crippen molar-refractivity contribution < 1.29 is 4.74 Å². The van der Waals surface area contributed by atoms with Crippen molar-refractivity contribution in [2.75, 3.05) is 25.4 Å². The van der Waals surface area contributed by atoms with E-state index in [1.54, 1.807) is 11.8 Å². The van der Waals surface area contributed by atoms with Crippen LogP contribution < -0.4 is 10.6 Å². The Kier molecular flexibility index (Phi) is 10.5. The molecule has 2 heterocycles. The van der Waals surface area contributed by atoms with Gasteiger partial charge in [-0.3, -0.25) is 0 Å². The second-order valence-corrected chi connectivity index (χ2v) is 8.24. The van der Waals surface area contributed by atoms with Crippen molar-refractivity contribution in [1.82, 2.24) is 25.4 Å². The van der Waals surface area contributed by atoms with Crippen molar-refractivity contribution in [1.29, 1.82) is 0 Å². The molecule has 7 nitrogen and oxygen atoms in total. The second kappa shape index (κ2) is 12.6. The van der Waals surface area contributed by atoms with E-state index < -0.39 is 0 Å². The number of aryl methyl sites for hydroxylation is 1. The molecule has 0 radical (unpaired) electrons. The van der Waals surface area contributed by atoms with Crippen molar-refractivity contribution in [3.05, 3.63) is 40.9 Å². The lowest BCUT2D eigenvalue weighted by Crippen LogP contribution is -2.42. The highest BCUT2D eigenvalue weighted by atomic mass is 127. The Morgan fingerprint density at radius 2 is 2.10 bits per heavy atom. The molecule has 1 aliphatic rings. The zero-order valence-electron chi connectivity index (χ0n) is 16.7. The Bertz CT molecular complexity index is 780. The van der Waals surface area contributed by atoms with E-state index in [2.05, 4.69) is 25.8 Å². The summed E-state index contributed by atoms with van der Waals surface area (Å²) in [6, 6.07) is 7.90.